The third-order valence-corrected chi connectivity index (χ3v) is 9.73. The monoisotopic (exact) mass is 805 g/mol. The summed E-state index contributed by atoms with van der Waals surface area (Å²) < 4.78 is 35.8. The molecule has 0 radical (unpaired) electrons. The van der Waals surface area contributed by atoms with E-state index in [4.69, 9.17) is 28.1 Å². The number of carbonyl (C=O) groups excluding carboxylic acids is 1. The normalized spacial score (nSPS) is 12.1. The van der Waals surface area contributed by atoms with Crippen LogP contribution in [0.3, 0.4) is 0 Å². The van der Waals surface area contributed by atoms with Crippen molar-refractivity contribution >= 4 is 22.6 Å². The number of aromatic nitrogens is 3. The number of hydrogen-bond donors (Lipinski definition) is 3. The Morgan fingerprint density at radius 2 is 1.39 bits per heavy atom. The van der Waals surface area contributed by atoms with E-state index in [-0.39, 0.29) is 28.1 Å². The van der Waals surface area contributed by atoms with Crippen LogP contribution in [0.1, 0.15) is 15.9 Å². The third-order valence-electron chi connectivity index (χ3n) is 9.73. The molecule has 0 atom stereocenters. The molecule has 7 rings (SSSR count). The van der Waals surface area contributed by atoms with Crippen molar-refractivity contribution in [3.05, 3.63) is 112 Å². The fourth-order valence-corrected chi connectivity index (χ4v) is 6.75. The van der Waals surface area contributed by atoms with Crippen molar-refractivity contribution in [1.29, 1.82) is 0 Å². The Labute approximate surface area is 340 Å². The average Bonchev–Trinajstić information content (AvgIpc) is 3.67. The van der Waals surface area contributed by atoms with Crippen LogP contribution in [0, 0.1) is 0 Å². The number of anilines is 1. The molecule has 15 heteroatoms. The summed E-state index contributed by atoms with van der Waals surface area (Å²) in [5.41, 5.74) is 6.87. The summed E-state index contributed by atoms with van der Waals surface area (Å²) in [6.07, 6.45) is 0. The SMILES string of the molecule is CN1Cc2ccccc2-c2c(nnn2CCOCCOCCOCCOCCOCCNC(=O)c2ccc(-c3cc(=O)c4ccc(O)c(O)c4o3)cc2)-c2ccccc21. The molecule has 0 spiro atoms. The third kappa shape index (κ3) is 10.1. The summed E-state index contributed by atoms with van der Waals surface area (Å²) in [6, 6.07) is 27.1. The molecule has 59 heavy (non-hydrogen) atoms. The fourth-order valence-electron chi connectivity index (χ4n) is 6.75. The van der Waals surface area contributed by atoms with E-state index in [1.54, 1.807) is 24.3 Å². The van der Waals surface area contributed by atoms with Crippen molar-refractivity contribution in [2.24, 2.45) is 0 Å². The number of aromatic hydroxyl groups is 2. The van der Waals surface area contributed by atoms with Crippen LogP contribution < -0.4 is 15.6 Å². The molecule has 0 fully saturated rings. The van der Waals surface area contributed by atoms with Gasteiger partial charge in [0.15, 0.2) is 16.8 Å². The molecule has 0 aliphatic carbocycles. The molecule has 15 nitrogen and oxygen atoms in total. The highest BCUT2D eigenvalue weighted by atomic mass is 16.6. The lowest BCUT2D eigenvalue weighted by Gasteiger charge is -2.26. The summed E-state index contributed by atoms with van der Waals surface area (Å²) in [4.78, 5) is 27.3. The Kier molecular flexibility index (Phi) is 14.0. The Morgan fingerprint density at radius 1 is 0.763 bits per heavy atom. The standard InChI is InChI=1S/C44H47N5O10/c1-48-29-32-6-2-3-7-33(32)41-40(34-8-4-5-9-36(34)48)46-47-49(41)17-19-55-21-23-57-25-27-58-26-24-56-22-20-54-18-16-45-44(53)31-12-10-30(11-13-31)39-28-38(51)35-14-15-37(50)42(52)43(35)59-39/h2-15,28,50,52H,16-27,29H2,1H3,(H,45,53). The van der Waals surface area contributed by atoms with Gasteiger partial charge in [-0.15, -0.1) is 5.10 Å². The van der Waals surface area contributed by atoms with Gasteiger partial charge in [0.1, 0.15) is 11.5 Å². The number of nitrogens with zero attached hydrogens (tertiary/aromatic N) is 4. The highest BCUT2D eigenvalue weighted by molar-refractivity contribution is 5.94. The predicted molar refractivity (Wildman–Crippen MR) is 221 cm³/mol. The molecule has 3 N–H and O–H groups in total. The van der Waals surface area contributed by atoms with E-state index in [0.29, 0.717) is 90.3 Å². The van der Waals surface area contributed by atoms with Crippen LogP contribution in [-0.2, 0) is 36.8 Å². The van der Waals surface area contributed by atoms with E-state index < -0.39 is 11.5 Å². The molecule has 1 aliphatic rings. The van der Waals surface area contributed by atoms with Crippen molar-refractivity contribution < 1.29 is 43.1 Å². The zero-order valence-electron chi connectivity index (χ0n) is 32.8. The predicted octanol–water partition coefficient (Wildman–Crippen LogP) is 5.26. The summed E-state index contributed by atoms with van der Waals surface area (Å²) in [5.74, 6) is -0.995. The van der Waals surface area contributed by atoms with Crippen LogP contribution in [0.4, 0.5) is 5.69 Å². The van der Waals surface area contributed by atoms with Crippen LogP contribution >= 0.6 is 0 Å². The van der Waals surface area contributed by atoms with Crippen molar-refractivity contribution in [3.63, 3.8) is 0 Å². The maximum absolute atomic E-state index is 12.6. The van der Waals surface area contributed by atoms with Crippen molar-refractivity contribution in [3.8, 4) is 45.3 Å². The van der Waals surface area contributed by atoms with E-state index in [1.807, 2.05) is 16.8 Å². The van der Waals surface area contributed by atoms with Gasteiger partial charge in [0.25, 0.3) is 5.91 Å². The summed E-state index contributed by atoms with van der Waals surface area (Å²) in [6.45, 7) is 5.86. The minimum Gasteiger partial charge on any atom is -0.504 e. The van der Waals surface area contributed by atoms with E-state index in [2.05, 4.69) is 64.0 Å². The minimum atomic E-state index is -0.509. The number of ether oxygens (including phenoxy) is 5. The number of phenols is 2. The molecule has 0 saturated carbocycles. The van der Waals surface area contributed by atoms with Gasteiger partial charge >= 0.3 is 0 Å². The molecule has 4 aromatic carbocycles. The fraction of sp³-hybridized carbons (Fsp3) is 0.318. The molecular weight excluding hydrogens is 759 g/mol. The minimum absolute atomic E-state index is 0.110. The van der Waals surface area contributed by atoms with Gasteiger partial charge in [-0.2, -0.15) is 0 Å². The number of carbonyl (C=O) groups is 1. The number of phenolic OH excluding ortho intramolecular Hbond substituents is 2. The van der Waals surface area contributed by atoms with Crippen LogP contribution in [0.2, 0.25) is 0 Å². The number of rotatable bonds is 20. The zero-order chi connectivity index (χ0) is 41.0. The zero-order valence-corrected chi connectivity index (χ0v) is 32.8. The molecule has 308 valence electrons. The Hall–Kier alpha value is -6.10. The summed E-state index contributed by atoms with van der Waals surface area (Å²) in [5, 5.41) is 32.0. The second-order valence-corrected chi connectivity index (χ2v) is 13.7. The number of hydrogen-bond acceptors (Lipinski definition) is 13. The van der Waals surface area contributed by atoms with E-state index in [9.17, 15) is 19.8 Å². The lowest BCUT2D eigenvalue weighted by molar-refractivity contribution is -0.0113. The van der Waals surface area contributed by atoms with Gasteiger partial charge in [-0.1, -0.05) is 59.8 Å². The first-order valence-corrected chi connectivity index (χ1v) is 19.5. The molecule has 2 aromatic heterocycles. The molecule has 1 amide bonds. The van der Waals surface area contributed by atoms with Crippen molar-refractivity contribution in [1.82, 2.24) is 20.3 Å². The Morgan fingerprint density at radius 3 is 2.10 bits per heavy atom. The first-order valence-electron chi connectivity index (χ1n) is 19.5. The molecule has 0 saturated heterocycles. The topological polar surface area (TPSA) is 180 Å². The van der Waals surface area contributed by atoms with Gasteiger partial charge in [-0.25, -0.2) is 4.68 Å². The second-order valence-electron chi connectivity index (χ2n) is 13.7. The molecule has 3 heterocycles. The van der Waals surface area contributed by atoms with E-state index in [0.717, 1.165) is 34.7 Å². The maximum Gasteiger partial charge on any atom is 0.251 e. The number of para-hydroxylation sites is 1. The van der Waals surface area contributed by atoms with Gasteiger partial charge < -0.3 is 48.5 Å². The van der Waals surface area contributed by atoms with E-state index in [1.165, 1.54) is 23.8 Å². The highest BCUT2D eigenvalue weighted by Crippen LogP contribution is 2.40. The van der Waals surface area contributed by atoms with Gasteiger partial charge in [-0.05, 0) is 35.9 Å². The Bertz CT molecular complexity index is 2400. The van der Waals surface area contributed by atoms with Gasteiger partial charge in [0.05, 0.1) is 83.7 Å². The first-order chi connectivity index (χ1) is 28.9. The van der Waals surface area contributed by atoms with Crippen LogP contribution in [0.25, 0.3) is 44.8 Å². The molecule has 0 bridgehead atoms. The first kappa shape index (κ1) is 41.1. The number of amides is 1. The quantitative estimate of drug-likeness (QED) is 0.0673. The van der Waals surface area contributed by atoms with Crippen LogP contribution in [0.15, 0.2) is 100 Å². The number of benzene rings is 4. The van der Waals surface area contributed by atoms with Crippen molar-refractivity contribution in [2.45, 2.75) is 13.1 Å². The molecule has 1 aliphatic heterocycles. The average molecular weight is 806 g/mol. The van der Waals surface area contributed by atoms with Gasteiger partial charge in [-0.3, -0.25) is 9.59 Å². The highest BCUT2D eigenvalue weighted by Gasteiger charge is 2.25. The van der Waals surface area contributed by atoms with Gasteiger partial charge in [0, 0.05) is 54.1 Å². The molecule has 0 unspecified atom stereocenters. The van der Waals surface area contributed by atoms with Crippen LogP contribution in [-0.4, -0.2) is 111 Å². The molecular formula is C44H47N5O10. The maximum atomic E-state index is 12.6. The lowest BCUT2D eigenvalue weighted by atomic mass is 9.96. The van der Waals surface area contributed by atoms with E-state index >= 15 is 0 Å². The lowest BCUT2D eigenvalue weighted by Crippen LogP contribution is -2.27. The molecule has 6 aromatic rings. The summed E-state index contributed by atoms with van der Waals surface area (Å²) >= 11 is 0. The number of nitrogens with one attached hydrogen (secondary N) is 1. The Balaban J connectivity index is 0.701. The summed E-state index contributed by atoms with van der Waals surface area (Å²) in [7, 11) is 2.10. The van der Waals surface area contributed by atoms with Crippen LogP contribution in [0.5, 0.6) is 11.5 Å². The number of fused-ring (bicyclic) bond motifs is 6. The second kappa shape index (κ2) is 20.0. The smallest absolute Gasteiger partial charge is 0.251 e. The largest absolute Gasteiger partial charge is 0.504 e. The van der Waals surface area contributed by atoms with Crippen molar-refractivity contribution in [2.75, 3.05) is 84.6 Å². The van der Waals surface area contributed by atoms with Gasteiger partial charge in [0.2, 0.25) is 5.75 Å².